The minimum Gasteiger partial charge on any atom is -0.479 e. The molecule has 0 spiro atoms. The number of ether oxygens (including phenoxy) is 3. The van der Waals surface area contributed by atoms with Crippen LogP contribution in [0.5, 0.6) is 0 Å². The van der Waals surface area contributed by atoms with Crippen molar-refractivity contribution >= 4 is 27.4 Å². The molecule has 1 amide bonds. The van der Waals surface area contributed by atoms with E-state index in [0.29, 0.717) is 33.5 Å². The summed E-state index contributed by atoms with van der Waals surface area (Å²) in [5, 5.41) is 79.8. The fraction of sp³-hybridized carbons (Fsp3) is 0.381. The number of hydrogen-bond acceptors (Lipinski definition) is 14. The monoisotopic (exact) mass is 853 g/mol. The molecule has 4 aromatic rings. The summed E-state index contributed by atoms with van der Waals surface area (Å²) in [4.78, 5) is 27.2. The Kier molecular flexibility index (Phi) is 12.5. The first-order chi connectivity index (χ1) is 28.5. The number of benzene rings is 4. The summed E-state index contributed by atoms with van der Waals surface area (Å²) in [6, 6.07) is 23.9. The molecule has 3 heterocycles. The Hall–Kier alpha value is -4.70. The van der Waals surface area contributed by atoms with Gasteiger partial charge in [-0.2, -0.15) is 0 Å². The molecule has 0 radical (unpaired) electrons. The fourth-order valence-corrected chi connectivity index (χ4v) is 9.94. The Morgan fingerprint density at radius 3 is 2.05 bits per heavy atom. The smallest absolute Gasteiger partial charge is 0.335 e. The van der Waals surface area contributed by atoms with Gasteiger partial charge in [-0.1, -0.05) is 72.8 Å². The summed E-state index contributed by atoms with van der Waals surface area (Å²) in [5.74, 6) is -4.05. The van der Waals surface area contributed by atoms with Crippen molar-refractivity contribution in [2.75, 3.05) is 17.3 Å². The number of sulfone groups is 1. The Labute approximate surface area is 343 Å². The second-order valence-electron chi connectivity index (χ2n) is 15.1. The van der Waals surface area contributed by atoms with Crippen LogP contribution in [0.4, 0.5) is 10.1 Å². The topological polar surface area (TPSA) is 261 Å². The molecule has 3 aliphatic rings. The van der Waals surface area contributed by atoms with Crippen LogP contribution in [0.2, 0.25) is 0 Å². The number of halogens is 1. The molecule has 16 nitrogen and oxygen atoms in total. The number of carbonyl (C=O) groups is 2. The van der Waals surface area contributed by atoms with E-state index >= 15 is 0 Å². The van der Waals surface area contributed by atoms with Gasteiger partial charge in [0.15, 0.2) is 27.5 Å². The molecule has 0 saturated carbocycles. The summed E-state index contributed by atoms with van der Waals surface area (Å²) < 4.78 is 59.9. The zero-order valence-corrected chi connectivity index (χ0v) is 32.6. The molecule has 8 N–H and O–H groups in total. The van der Waals surface area contributed by atoms with Gasteiger partial charge >= 0.3 is 5.97 Å². The quantitative estimate of drug-likeness (QED) is 0.0919. The van der Waals surface area contributed by atoms with Gasteiger partial charge in [-0.25, -0.2) is 17.6 Å². The van der Waals surface area contributed by atoms with E-state index in [2.05, 4.69) is 0 Å². The summed E-state index contributed by atoms with van der Waals surface area (Å²) in [7, 11) is -4.56. The maximum atomic E-state index is 14.5. The number of aliphatic hydroxyl groups is 7. The average molecular weight is 854 g/mol. The van der Waals surface area contributed by atoms with E-state index in [1.165, 1.54) is 17.0 Å². The number of nitrogens with zero attached hydrogens (tertiary/aromatic N) is 1. The van der Waals surface area contributed by atoms with Gasteiger partial charge in [0.25, 0.3) is 0 Å². The van der Waals surface area contributed by atoms with Gasteiger partial charge < -0.3 is 60.0 Å². The lowest BCUT2D eigenvalue weighted by Gasteiger charge is -2.47. The number of hydrogen-bond donors (Lipinski definition) is 8. The highest BCUT2D eigenvalue weighted by Gasteiger charge is 2.57. The number of carboxylic acid groups (broad SMARTS) is 1. The first kappa shape index (κ1) is 43.4. The molecule has 3 unspecified atom stereocenters. The first-order valence-electron chi connectivity index (χ1n) is 19.0. The Balaban J connectivity index is 1.19. The van der Waals surface area contributed by atoms with Crippen LogP contribution in [0.1, 0.15) is 40.5 Å². The first-order valence-corrected chi connectivity index (χ1v) is 20.7. The molecular formula is C42H44FNO15S. The lowest BCUT2D eigenvalue weighted by Crippen LogP contribution is -2.63. The highest BCUT2D eigenvalue weighted by molar-refractivity contribution is 7.93. The molecule has 3 fully saturated rings. The molecular weight excluding hydrogens is 810 g/mol. The van der Waals surface area contributed by atoms with Gasteiger partial charge in [-0.15, -0.1) is 0 Å². The van der Waals surface area contributed by atoms with Crippen LogP contribution < -0.4 is 4.90 Å². The average Bonchev–Trinajstić information content (AvgIpc) is 3.22. The molecule has 0 bridgehead atoms. The summed E-state index contributed by atoms with van der Waals surface area (Å²) in [5.41, 5.74) is 3.47. The maximum Gasteiger partial charge on any atom is 0.335 e. The number of carboxylic acids is 1. The number of aliphatic carboxylic acids is 1. The molecule has 320 valence electrons. The largest absolute Gasteiger partial charge is 0.479 e. The number of β-lactam (4-membered cyclic amide) rings is 1. The van der Waals surface area contributed by atoms with Crippen molar-refractivity contribution in [1.82, 2.24) is 0 Å². The predicted octanol–water partition coefficient (Wildman–Crippen LogP) is 0.837. The Morgan fingerprint density at radius 2 is 1.43 bits per heavy atom. The third kappa shape index (κ3) is 8.20. The third-order valence-electron chi connectivity index (χ3n) is 11.3. The van der Waals surface area contributed by atoms with Crippen LogP contribution in [-0.4, -0.2) is 134 Å². The SMILES string of the molecule is Cc1cc(-c2ccc(C3O[C@H](CO)[C@@H](O)[C@H](O)[C@H]3O)cc2)ccc1[C@@H]1[C@@H](S(=O)(=O)C[C@H](O[C@@H]2OC(C(=O)O)[C@@H](O)[C@H](O)C2O)c2ccc(F)cc2)C(=O)N1c1ccccc1. The van der Waals surface area contributed by atoms with Gasteiger partial charge in [0.2, 0.25) is 5.91 Å². The summed E-state index contributed by atoms with van der Waals surface area (Å²) in [6.07, 6.45) is -18.4. The third-order valence-corrected chi connectivity index (χ3v) is 13.3. The highest BCUT2D eigenvalue weighted by atomic mass is 32.2. The van der Waals surface area contributed by atoms with Crippen molar-refractivity contribution in [3.05, 3.63) is 125 Å². The predicted molar refractivity (Wildman–Crippen MR) is 208 cm³/mol. The minimum absolute atomic E-state index is 0.0598. The molecule has 7 rings (SSSR count). The maximum absolute atomic E-state index is 14.5. The van der Waals surface area contributed by atoms with Crippen molar-refractivity contribution < 1.29 is 77.5 Å². The van der Waals surface area contributed by atoms with E-state index in [1.807, 2.05) is 0 Å². The van der Waals surface area contributed by atoms with Gasteiger partial charge in [-0.3, -0.25) is 4.79 Å². The number of aliphatic hydroxyl groups excluding tert-OH is 7. The van der Waals surface area contributed by atoms with E-state index in [-0.39, 0.29) is 5.56 Å². The molecule has 60 heavy (non-hydrogen) atoms. The molecule has 18 heteroatoms. The Morgan fingerprint density at radius 1 is 0.800 bits per heavy atom. The van der Waals surface area contributed by atoms with Gasteiger partial charge in [0.1, 0.15) is 54.6 Å². The van der Waals surface area contributed by atoms with Crippen LogP contribution in [0.25, 0.3) is 11.1 Å². The number of anilines is 1. The van der Waals surface area contributed by atoms with E-state index in [1.54, 1.807) is 79.7 Å². The van der Waals surface area contributed by atoms with Gasteiger partial charge in [0.05, 0.1) is 24.5 Å². The molecule has 4 aromatic carbocycles. The van der Waals surface area contributed by atoms with Crippen molar-refractivity contribution in [3.8, 4) is 11.1 Å². The van der Waals surface area contributed by atoms with Crippen molar-refractivity contribution in [2.45, 2.75) is 85.5 Å². The van der Waals surface area contributed by atoms with Crippen molar-refractivity contribution in [2.24, 2.45) is 0 Å². The molecule has 3 aliphatic heterocycles. The van der Waals surface area contributed by atoms with Crippen LogP contribution in [-0.2, 0) is 33.6 Å². The number of aryl methyl sites for hydroxylation is 1. The number of carbonyl (C=O) groups excluding carboxylic acids is 1. The molecule has 0 aromatic heterocycles. The summed E-state index contributed by atoms with van der Waals surface area (Å²) in [6.45, 7) is 1.18. The number of para-hydroxylation sites is 1. The van der Waals surface area contributed by atoms with Crippen molar-refractivity contribution in [1.29, 1.82) is 0 Å². The van der Waals surface area contributed by atoms with E-state index in [0.717, 1.165) is 12.1 Å². The molecule has 13 atom stereocenters. The van der Waals surface area contributed by atoms with E-state index < -0.39 is 119 Å². The lowest BCUT2D eigenvalue weighted by molar-refractivity contribution is -0.303. The van der Waals surface area contributed by atoms with Crippen LogP contribution in [0.3, 0.4) is 0 Å². The zero-order valence-electron chi connectivity index (χ0n) is 31.8. The van der Waals surface area contributed by atoms with Crippen LogP contribution in [0, 0.1) is 12.7 Å². The van der Waals surface area contributed by atoms with Crippen LogP contribution in [0.15, 0.2) is 97.1 Å². The van der Waals surface area contributed by atoms with E-state index in [9.17, 15) is 63.2 Å². The molecule has 0 aliphatic carbocycles. The number of rotatable bonds is 12. The molecule has 3 saturated heterocycles. The normalized spacial score (nSPS) is 31.4. The second-order valence-corrected chi connectivity index (χ2v) is 17.3. The summed E-state index contributed by atoms with van der Waals surface area (Å²) >= 11 is 0. The van der Waals surface area contributed by atoms with Crippen molar-refractivity contribution in [3.63, 3.8) is 0 Å². The minimum atomic E-state index is -4.56. The second kappa shape index (κ2) is 17.3. The standard InChI is InChI=1S/C42H44FNO15S/c1-20-17-24(21-7-9-23(10-8-21)37-34(49)32(47)31(46)28(18-45)57-37)13-16-27(20)30-39(40(52)44(30)26-5-3-2-4-6-26)60(55,56)19-29(22-11-14-25(43)15-12-22)58-42-36(51)33(48)35(50)38(59-42)41(53)54/h2-17,28-39,42,45-51H,18-19H2,1H3,(H,53,54)/t28-,29+,30-,31-,32+,33+,34-,35+,36?,37?,38?,39-,42-/m1/s1. The van der Waals surface area contributed by atoms with Gasteiger partial charge in [-0.05, 0) is 64.6 Å². The Bertz CT molecular complexity index is 2280. The highest BCUT2D eigenvalue weighted by Crippen LogP contribution is 2.46. The van der Waals surface area contributed by atoms with E-state index in [4.69, 9.17) is 14.2 Å². The lowest BCUT2D eigenvalue weighted by atomic mass is 9.87. The van der Waals surface area contributed by atoms with Gasteiger partial charge in [0, 0.05) is 5.69 Å². The number of amides is 1. The zero-order chi connectivity index (χ0) is 43.2. The van der Waals surface area contributed by atoms with Crippen LogP contribution >= 0.6 is 0 Å². The fourth-order valence-electron chi connectivity index (χ4n) is 7.95.